The minimum atomic E-state index is 0.632. The number of thioether (sulfide) groups is 1. The van der Waals surface area contributed by atoms with Crippen molar-refractivity contribution in [2.75, 3.05) is 11.6 Å². The van der Waals surface area contributed by atoms with Crippen LogP contribution < -0.4 is 5.32 Å². The summed E-state index contributed by atoms with van der Waals surface area (Å²) in [6.07, 6.45) is 2.05. The molecular weight excluding hydrogens is 308 g/mol. The highest BCUT2D eigenvalue weighted by molar-refractivity contribution is 9.10. The zero-order valence-corrected chi connectivity index (χ0v) is 12.2. The first-order chi connectivity index (χ1) is 8.72. The van der Waals surface area contributed by atoms with Crippen molar-refractivity contribution in [1.82, 2.24) is 0 Å². The largest absolute Gasteiger partial charge is 0.354 e. The second-order valence-corrected chi connectivity index (χ2v) is 5.45. The van der Waals surface area contributed by atoms with Gasteiger partial charge in [-0.1, -0.05) is 15.9 Å². The molecule has 0 atom stereocenters. The first-order valence-electron chi connectivity index (χ1n) is 5.33. The molecule has 0 heterocycles. The summed E-state index contributed by atoms with van der Waals surface area (Å²) in [7, 11) is 0. The molecular formula is C14H11BrN2S. The number of halogens is 1. The Labute approximate surface area is 119 Å². The van der Waals surface area contributed by atoms with Crippen molar-refractivity contribution < 1.29 is 0 Å². The average molecular weight is 319 g/mol. The third kappa shape index (κ3) is 3.06. The van der Waals surface area contributed by atoms with Gasteiger partial charge in [0.1, 0.15) is 6.07 Å². The number of hydrogen-bond donors (Lipinski definition) is 1. The molecule has 0 aromatic heterocycles. The predicted octanol–water partition coefficient (Wildman–Crippen LogP) is 4.79. The standard InChI is InChI=1S/C14H11BrN2S/c1-18-13-6-4-12(5-7-13)17-14-8-11(15)3-2-10(14)9-16/h2-8,17H,1H3. The molecule has 0 bridgehead atoms. The fourth-order valence-electron chi connectivity index (χ4n) is 1.55. The van der Waals surface area contributed by atoms with Gasteiger partial charge in [0.15, 0.2) is 0 Å². The van der Waals surface area contributed by atoms with Crippen molar-refractivity contribution in [3.8, 4) is 6.07 Å². The number of rotatable bonds is 3. The van der Waals surface area contributed by atoms with E-state index in [1.165, 1.54) is 4.90 Å². The molecule has 4 heteroatoms. The van der Waals surface area contributed by atoms with E-state index in [1.54, 1.807) is 17.8 Å². The maximum Gasteiger partial charge on any atom is 0.101 e. The number of benzene rings is 2. The third-order valence-electron chi connectivity index (χ3n) is 2.47. The van der Waals surface area contributed by atoms with Gasteiger partial charge in [0.25, 0.3) is 0 Å². The van der Waals surface area contributed by atoms with E-state index in [9.17, 15) is 0 Å². The Morgan fingerprint density at radius 3 is 2.50 bits per heavy atom. The maximum atomic E-state index is 9.06. The fraction of sp³-hybridized carbons (Fsp3) is 0.0714. The van der Waals surface area contributed by atoms with Gasteiger partial charge in [-0.05, 0) is 48.7 Å². The Balaban J connectivity index is 2.27. The Hall–Kier alpha value is -1.44. The highest BCUT2D eigenvalue weighted by Gasteiger charge is 2.03. The molecule has 2 aromatic rings. The Morgan fingerprint density at radius 2 is 1.89 bits per heavy atom. The molecule has 0 amide bonds. The van der Waals surface area contributed by atoms with Crippen molar-refractivity contribution >= 4 is 39.1 Å². The van der Waals surface area contributed by atoms with Crippen LogP contribution in [0.5, 0.6) is 0 Å². The van der Waals surface area contributed by atoms with Crippen molar-refractivity contribution in [3.05, 3.63) is 52.5 Å². The van der Waals surface area contributed by atoms with Crippen LogP contribution in [0.4, 0.5) is 11.4 Å². The van der Waals surface area contributed by atoms with E-state index in [2.05, 4.69) is 39.4 Å². The summed E-state index contributed by atoms with van der Waals surface area (Å²) >= 11 is 5.12. The topological polar surface area (TPSA) is 35.8 Å². The van der Waals surface area contributed by atoms with E-state index in [4.69, 9.17) is 5.26 Å². The molecule has 0 fully saturated rings. The lowest BCUT2D eigenvalue weighted by Crippen LogP contribution is -1.93. The van der Waals surface area contributed by atoms with Gasteiger partial charge in [-0.25, -0.2) is 0 Å². The zero-order valence-electron chi connectivity index (χ0n) is 9.77. The van der Waals surface area contributed by atoms with Crippen LogP contribution >= 0.6 is 27.7 Å². The van der Waals surface area contributed by atoms with Crippen molar-refractivity contribution in [2.24, 2.45) is 0 Å². The maximum absolute atomic E-state index is 9.06. The third-order valence-corrected chi connectivity index (χ3v) is 3.71. The molecule has 2 aromatic carbocycles. The Bertz CT molecular complexity index is 588. The number of nitrogens with zero attached hydrogens (tertiary/aromatic N) is 1. The van der Waals surface area contributed by atoms with Gasteiger partial charge in [0.2, 0.25) is 0 Å². The Kier molecular flexibility index (Phi) is 4.29. The van der Waals surface area contributed by atoms with Crippen LogP contribution in [-0.4, -0.2) is 6.26 Å². The molecule has 0 aliphatic heterocycles. The monoisotopic (exact) mass is 318 g/mol. The van der Waals surface area contributed by atoms with Gasteiger partial charge in [0, 0.05) is 15.1 Å². The lowest BCUT2D eigenvalue weighted by atomic mass is 10.2. The summed E-state index contributed by atoms with van der Waals surface area (Å²) in [6, 6.07) is 15.9. The van der Waals surface area contributed by atoms with Crippen LogP contribution in [0.15, 0.2) is 51.8 Å². The molecule has 0 spiro atoms. The summed E-state index contributed by atoms with van der Waals surface area (Å²) in [5, 5.41) is 12.3. The number of nitrogens with one attached hydrogen (secondary N) is 1. The zero-order chi connectivity index (χ0) is 13.0. The van der Waals surface area contributed by atoms with E-state index < -0.39 is 0 Å². The lowest BCUT2D eigenvalue weighted by molar-refractivity contribution is 1.42. The number of nitriles is 1. The molecule has 18 heavy (non-hydrogen) atoms. The van der Waals surface area contributed by atoms with Gasteiger partial charge < -0.3 is 5.32 Å². The summed E-state index contributed by atoms with van der Waals surface area (Å²) in [4.78, 5) is 1.22. The van der Waals surface area contributed by atoms with Gasteiger partial charge in [-0.15, -0.1) is 11.8 Å². The van der Waals surface area contributed by atoms with Gasteiger partial charge in [-0.3, -0.25) is 0 Å². The van der Waals surface area contributed by atoms with Gasteiger partial charge in [0.05, 0.1) is 11.3 Å². The van der Waals surface area contributed by atoms with E-state index >= 15 is 0 Å². The van der Waals surface area contributed by atoms with E-state index in [-0.39, 0.29) is 0 Å². The smallest absolute Gasteiger partial charge is 0.101 e. The molecule has 2 rings (SSSR count). The highest BCUT2D eigenvalue weighted by atomic mass is 79.9. The van der Waals surface area contributed by atoms with Gasteiger partial charge >= 0.3 is 0 Å². The summed E-state index contributed by atoms with van der Waals surface area (Å²) in [6.45, 7) is 0. The van der Waals surface area contributed by atoms with Gasteiger partial charge in [-0.2, -0.15) is 5.26 Å². The van der Waals surface area contributed by atoms with E-state index in [1.807, 2.05) is 30.5 Å². The second-order valence-electron chi connectivity index (χ2n) is 3.66. The molecule has 2 nitrogen and oxygen atoms in total. The average Bonchev–Trinajstić information content (AvgIpc) is 2.40. The molecule has 0 unspecified atom stereocenters. The first kappa shape index (κ1) is 13.0. The van der Waals surface area contributed by atoms with Crippen molar-refractivity contribution in [2.45, 2.75) is 4.90 Å². The van der Waals surface area contributed by atoms with Crippen LogP contribution in [0.2, 0.25) is 0 Å². The Morgan fingerprint density at radius 1 is 1.17 bits per heavy atom. The quantitative estimate of drug-likeness (QED) is 0.827. The molecule has 0 radical (unpaired) electrons. The summed E-state index contributed by atoms with van der Waals surface area (Å²) in [5.74, 6) is 0. The van der Waals surface area contributed by atoms with Crippen molar-refractivity contribution in [1.29, 1.82) is 5.26 Å². The van der Waals surface area contributed by atoms with Crippen LogP contribution in [0, 0.1) is 11.3 Å². The van der Waals surface area contributed by atoms with Crippen LogP contribution in [0.1, 0.15) is 5.56 Å². The molecule has 0 aliphatic carbocycles. The number of hydrogen-bond acceptors (Lipinski definition) is 3. The summed E-state index contributed by atoms with van der Waals surface area (Å²) in [5.41, 5.74) is 2.42. The van der Waals surface area contributed by atoms with Crippen LogP contribution in [-0.2, 0) is 0 Å². The number of anilines is 2. The second kappa shape index (κ2) is 5.94. The molecule has 0 saturated carbocycles. The first-order valence-corrected chi connectivity index (χ1v) is 7.35. The molecule has 0 saturated heterocycles. The van der Waals surface area contributed by atoms with E-state index in [0.717, 1.165) is 15.8 Å². The molecule has 90 valence electrons. The minimum Gasteiger partial charge on any atom is -0.354 e. The fourth-order valence-corrected chi connectivity index (χ4v) is 2.32. The van der Waals surface area contributed by atoms with Crippen molar-refractivity contribution in [3.63, 3.8) is 0 Å². The molecule has 1 N–H and O–H groups in total. The van der Waals surface area contributed by atoms with E-state index in [0.29, 0.717) is 5.56 Å². The SMILES string of the molecule is CSc1ccc(Nc2cc(Br)ccc2C#N)cc1. The summed E-state index contributed by atoms with van der Waals surface area (Å²) < 4.78 is 0.949. The minimum absolute atomic E-state index is 0.632. The van der Waals surface area contributed by atoms with Crippen LogP contribution in [0.3, 0.4) is 0 Å². The highest BCUT2D eigenvalue weighted by Crippen LogP contribution is 2.25. The normalized spacial score (nSPS) is 9.83. The van der Waals surface area contributed by atoms with Crippen LogP contribution in [0.25, 0.3) is 0 Å². The predicted molar refractivity (Wildman–Crippen MR) is 80.4 cm³/mol. The lowest BCUT2D eigenvalue weighted by Gasteiger charge is -2.09. The molecule has 0 aliphatic rings.